The van der Waals surface area contributed by atoms with Gasteiger partial charge in [-0.3, -0.25) is 4.79 Å². The molecule has 1 rings (SSSR count). The Hall–Kier alpha value is -1.07. The minimum Gasteiger partial charge on any atom is -0.394 e. The molecule has 1 fully saturated rings. The summed E-state index contributed by atoms with van der Waals surface area (Å²) >= 11 is 0. The Balaban J connectivity index is 2.48. The molecule has 0 bridgehead atoms. The molecule has 9 heteroatoms. The van der Waals surface area contributed by atoms with Crippen molar-refractivity contribution < 1.29 is 39.8 Å². The molecule has 0 aromatic rings. The standard InChI is InChI=1S/C37H71NO8/c1-3-5-7-9-11-13-15-17-18-20-22-24-26-31(40)30(29-45-37-36(44)35(43)34(42)32(28-39)46-37)38-33(41)27-25-23-21-19-16-14-12-10-8-6-4-2/h24,26,30-32,34-37,39-40,42-44H,3-23,25,27-29H2,1-2H3,(H,38,41)/b26-24+. The number of hydrogen-bond donors (Lipinski definition) is 6. The first-order chi connectivity index (χ1) is 22.3. The maximum atomic E-state index is 12.8. The van der Waals surface area contributed by atoms with Crippen molar-refractivity contribution in [1.82, 2.24) is 5.32 Å². The molecule has 7 atom stereocenters. The van der Waals surface area contributed by atoms with Gasteiger partial charge in [0.25, 0.3) is 0 Å². The smallest absolute Gasteiger partial charge is 0.220 e. The lowest BCUT2D eigenvalue weighted by Crippen LogP contribution is -2.60. The van der Waals surface area contributed by atoms with E-state index < -0.39 is 49.5 Å². The molecule has 1 aliphatic heterocycles. The van der Waals surface area contributed by atoms with Gasteiger partial charge in [0.05, 0.1) is 25.4 Å². The van der Waals surface area contributed by atoms with Crippen LogP contribution in [-0.2, 0) is 14.3 Å². The van der Waals surface area contributed by atoms with Crippen LogP contribution in [-0.4, -0.2) is 87.5 Å². The van der Waals surface area contributed by atoms with E-state index in [0.29, 0.717) is 6.42 Å². The van der Waals surface area contributed by atoms with E-state index in [1.807, 2.05) is 6.08 Å². The molecule has 1 amide bonds. The molecule has 0 saturated carbocycles. The predicted molar refractivity (Wildman–Crippen MR) is 184 cm³/mol. The molecule has 46 heavy (non-hydrogen) atoms. The molecular weight excluding hydrogens is 586 g/mol. The molecule has 1 heterocycles. The van der Waals surface area contributed by atoms with Gasteiger partial charge in [-0.25, -0.2) is 0 Å². The lowest BCUT2D eigenvalue weighted by atomic mass is 9.99. The van der Waals surface area contributed by atoms with Gasteiger partial charge >= 0.3 is 0 Å². The molecule has 6 N–H and O–H groups in total. The summed E-state index contributed by atoms with van der Waals surface area (Å²) in [6.07, 6.45) is 22.5. The molecule has 272 valence electrons. The molecule has 0 spiro atoms. The SMILES string of the molecule is CCCCCCCCCCCC/C=C/C(O)C(COC1OC(CO)C(O)C(O)C1O)NC(=O)CCCCCCCCCCCCC. The molecule has 1 saturated heterocycles. The number of carbonyl (C=O) groups is 1. The highest BCUT2D eigenvalue weighted by molar-refractivity contribution is 5.76. The second kappa shape index (κ2) is 28.9. The van der Waals surface area contributed by atoms with Crippen molar-refractivity contribution in [1.29, 1.82) is 0 Å². The molecule has 0 aromatic carbocycles. The lowest BCUT2D eigenvalue weighted by molar-refractivity contribution is -0.302. The predicted octanol–water partition coefficient (Wildman–Crippen LogP) is 6.22. The average molecular weight is 658 g/mol. The number of hydrogen-bond acceptors (Lipinski definition) is 8. The Bertz CT molecular complexity index is 736. The van der Waals surface area contributed by atoms with E-state index in [4.69, 9.17) is 9.47 Å². The number of unbranched alkanes of at least 4 members (excludes halogenated alkanes) is 20. The fourth-order valence-electron chi connectivity index (χ4n) is 5.98. The van der Waals surface area contributed by atoms with Gasteiger partial charge in [-0.2, -0.15) is 0 Å². The van der Waals surface area contributed by atoms with E-state index in [1.165, 1.54) is 103 Å². The van der Waals surface area contributed by atoms with Gasteiger partial charge in [-0.15, -0.1) is 0 Å². The quantitative estimate of drug-likeness (QED) is 0.0394. The monoisotopic (exact) mass is 658 g/mol. The van der Waals surface area contributed by atoms with Crippen LogP contribution in [0.5, 0.6) is 0 Å². The van der Waals surface area contributed by atoms with Crippen LogP contribution >= 0.6 is 0 Å². The summed E-state index contributed by atoms with van der Waals surface area (Å²) in [6, 6.07) is -0.795. The van der Waals surface area contributed by atoms with Crippen molar-refractivity contribution in [2.24, 2.45) is 0 Å². The van der Waals surface area contributed by atoms with Crippen molar-refractivity contribution in [3.8, 4) is 0 Å². The van der Waals surface area contributed by atoms with Crippen molar-refractivity contribution in [3.05, 3.63) is 12.2 Å². The molecule has 0 aliphatic carbocycles. The van der Waals surface area contributed by atoms with Crippen molar-refractivity contribution in [2.75, 3.05) is 13.2 Å². The number of carbonyl (C=O) groups excluding carboxylic acids is 1. The first-order valence-electron chi connectivity index (χ1n) is 18.9. The minimum atomic E-state index is -1.56. The largest absolute Gasteiger partial charge is 0.394 e. The fraction of sp³-hybridized carbons (Fsp3) is 0.919. The van der Waals surface area contributed by atoms with Crippen LogP contribution in [0, 0.1) is 0 Å². The van der Waals surface area contributed by atoms with Crippen LogP contribution in [0.25, 0.3) is 0 Å². The Kier molecular flexibility index (Phi) is 27.0. The van der Waals surface area contributed by atoms with Crippen LogP contribution in [0.3, 0.4) is 0 Å². The second-order valence-electron chi connectivity index (χ2n) is 13.4. The van der Waals surface area contributed by atoms with Gasteiger partial charge in [0, 0.05) is 6.42 Å². The highest BCUT2D eigenvalue weighted by atomic mass is 16.7. The molecule has 7 unspecified atom stereocenters. The topological polar surface area (TPSA) is 149 Å². The maximum Gasteiger partial charge on any atom is 0.220 e. The Morgan fingerprint density at radius 3 is 1.70 bits per heavy atom. The molecule has 1 aliphatic rings. The van der Waals surface area contributed by atoms with Crippen molar-refractivity contribution in [3.63, 3.8) is 0 Å². The Labute approximate surface area is 280 Å². The summed E-state index contributed by atoms with van der Waals surface area (Å²) in [4.78, 5) is 12.8. The lowest BCUT2D eigenvalue weighted by Gasteiger charge is -2.40. The number of aliphatic hydroxyl groups is 5. The van der Waals surface area contributed by atoms with Gasteiger partial charge in [-0.1, -0.05) is 148 Å². The first kappa shape index (κ1) is 43.0. The summed E-state index contributed by atoms with van der Waals surface area (Å²) < 4.78 is 11.1. The van der Waals surface area contributed by atoms with Crippen LogP contribution in [0.15, 0.2) is 12.2 Å². The average Bonchev–Trinajstić information content (AvgIpc) is 3.05. The summed E-state index contributed by atoms with van der Waals surface area (Å²) in [5.74, 6) is -0.180. The van der Waals surface area contributed by atoms with E-state index in [1.54, 1.807) is 6.08 Å². The zero-order valence-electron chi connectivity index (χ0n) is 29.3. The number of ether oxygens (including phenoxy) is 2. The van der Waals surface area contributed by atoms with Crippen molar-refractivity contribution >= 4 is 5.91 Å². The number of rotatable bonds is 30. The third-order valence-corrected chi connectivity index (χ3v) is 9.11. The number of amides is 1. The molecule has 9 nitrogen and oxygen atoms in total. The molecule has 0 aromatic heterocycles. The number of aliphatic hydroxyl groups excluding tert-OH is 5. The van der Waals surface area contributed by atoms with Crippen LogP contribution in [0.2, 0.25) is 0 Å². The van der Waals surface area contributed by atoms with E-state index in [9.17, 15) is 30.3 Å². The van der Waals surface area contributed by atoms with Gasteiger partial charge in [0.15, 0.2) is 6.29 Å². The zero-order valence-corrected chi connectivity index (χ0v) is 29.3. The number of nitrogens with one attached hydrogen (secondary N) is 1. The summed E-state index contributed by atoms with van der Waals surface area (Å²) in [7, 11) is 0. The zero-order chi connectivity index (χ0) is 33.8. The fourth-order valence-corrected chi connectivity index (χ4v) is 5.98. The summed E-state index contributed by atoms with van der Waals surface area (Å²) in [5.41, 5.74) is 0. The highest BCUT2D eigenvalue weighted by Crippen LogP contribution is 2.22. The van der Waals surface area contributed by atoms with Gasteiger partial charge in [0.1, 0.15) is 24.4 Å². The maximum absolute atomic E-state index is 12.8. The highest BCUT2D eigenvalue weighted by Gasteiger charge is 2.44. The normalized spacial score (nSPS) is 23.2. The second-order valence-corrected chi connectivity index (χ2v) is 13.4. The van der Waals surface area contributed by atoms with E-state index in [0.717, 1.165) is 38.5 Å². The van der Waals surface area contributed by atoms with Crippen LogP contribution in [0.1, 0.15) is 162 Å². The van der Waals surface area contributed by atoms with E-state index >= 15 is 0 Å². The Morgan fingerprint density at radius 2 is 1.20 bits per heavy atom. The molecule has 0 radical (unpaired) electrons. The Morgan fingerprint density at radius 1 is 0.717 bits per heavy atom. The van der Waals surface area contributed by atoms with E-state index in [-0.39, 0.29) is 12.5 Å². The van der Waals surface area contributed by atoms with Crippen LogP contribution < -0.4 is 5.32 Å². The van der Waals surface area contributed by atoms with Gasteiger partial charge in [0.2, 0.25) is 5.91 Å². The van der Waals surface area contributed by atoms with Gasteiger partial charge < -0.3 is 40.3 Å². The third-order valence-electron chi connectivity index (χ3n) is 9.11. The summed E-state index contributed by atoms with van der Waals surface area (Å²) in [6.45, 7) is 3.73. The minimum absolute atomic E-state index is 0.180. The first-order valence-corrected chi connectivity index (χ1v) is 18.9. The van der Waals surface area contributed by atoms with Crippen molar-refractivity contribution in [2.45, 2.75) is 204 Å². The van der Waals surface area contributed by atoms with E-state index in [2.05, 4.69) is 19.2 Å². The molecular formula is C37H71NO8. The third kappa shape index (κ3) is 20.3. The summed E-state index contributed by atoms with van der Waals surface area (Å²) in [5, 5.41) is 53.8. The van der Waals surface area contributed by atoms with Gasteiger partial charge in [-0.05, 0) is 19.3 Å². The van der Waals surface area contributed by atoms with Crippen LogP contribution in [0.4, 0.5) is 0 Å². The number of allylic oxidation sites excluding steroid dienone is 1.